The fourth-order valence-corrected chi connectivity index (χ4v) is 3.32. The molecule has 7 nitrogen and oxygen atoms in total. The number of methoxy groups -OCH3 is 1. The SMILES string of the molecule is COc1ccccc1-c1nnc(SCC(=O)Nc2ccc(C)cc2C)n1N. The van der Waals surface area contributed by atoms with Crippen molar-refractivity contribution in [2.24, 2.45) is 0 Å². The van der Waals surface area contributed by atoms with Gasteiger partial charge in [0.15, 0.2) is 5.82 Å². The Morgan fingerprint density at radius 3 is 2.74 bits per heavy atom. The van der Waals surface area contributed by atoms with Gasteiger partial charge in [0.25, 0.3) is 0 Å². The third-order valence-electron chi connectivity index (χ3n) is 4.00. The zero-order valence-electron chi connectivity index (χ0n) is 15.4. The topological polar surface area (TPSA) is 95.1 Å². The number of hydrogen-bond donors (Lipinski definition) is 2. The Hall–Kier alpha value is -3.00. The zero-order chi connectivity index (χ0) is 19.4. The number of benzene rings is 2. The lowest BCUT2D eigenvalue weighted by atomic mass is 10.1. The third-order valence-corrected chi connectivity index (χ3v) is 4.94. The Bertz CT molecular complexity index is 970. The molecule has 0 atom stereocenters. The van der Waals surface area contributed by atoms with Crippen LogP contribution in [0.5, 0.6) is 5.75 Å². The zero-order valence-corrected chi connectivity index (χ0v) is 16.2. The Morgan fingerprint density at radius 1 is 1.22 bits per heavy atom. The first kappa shape index (κ1) is 18.8. The van der Waals surface area contributed by atoms with Crippen molar-refractivity contribution in [1.29, 1.82) is 0 Å². The normalized spacial score (nSPS) is 10.6. The van der Waals surface area contributed by atoms with E-state index in [2.05, 4.69) is 15.5 Å². The van der Waals surface area contributed by atoms with Gasteiger partial charge in [0.2, 0.25) is 11.1 Å². The van der Waals surface area contributed by atoms with E-state index in [1.807, 2.05) is 56.3 Å². The lowest BCUT2D eigenvalue weighted by Crippen LogP contribution is -2.17. The molecule has 0 bridgehead atoms. The van der Waals surface area contributed by atoms with Crippen LogP contribution < -0.4 is 15.9 Å². The smallest absolute Gasteiger partial charge is 0.234 e. The minimum absolute atomic E-state index is 0.131. The van der Waals surface area contributed by atoms with Crippen molar-refractivity contribution in [2.45, 2.75) is 19.0 Å². The number of carbonyl (C=O) groups excluding carboxylic acids is 1. The molecule has 0 aliphatic carbocycles. The van der Waals surface area contributed by atoms with Crippen LogP contribution in [0, 0.1) is 13.8 Å². The number of aromatic nitrogens is 3. The first-order valence-electron chi connectivity index (χ1n) is 8.33. The van der Waals surface area contributed by atoms with Crippen molar-refractivity contribution >= 4 is 23.4 Å². The maximum absolute atomic E-state index is 12.3. The molecule has 2 aromatic carbocycles. The monoisotopic (exact) mass is 383 g/mol. The summed E-state index contributed by atoms with van der Waals surface area (Å²) in [7, 11) is 1.59. The van der Waals surface area contributed by atoms with Crippen molar-refractivity contribution in [1.82, 2.24) is 14.9 Å². The first-order chi connectivity index (χ1) is 13.0. The molecule has 1 heterocycles. The van der Waals surface area contributed by atoms with Crippen molar-refractivity contribution in [3.63, 3.8) is 0 Å². The van der Waals surface area contributed by atoms with Crippen molar-refractivity contribution in [3.8, 4) is 17.1 Å². The molecule has 1 aromatic heterocycles. The van der Waals surface area contributed by atoms with Gasteiger partial charge in [-0.1, -0.05) is 41.6 Å². The number of aryl methyl sites for hydroxylation is 2. The van der Waals surface area contributed by atoms with Gasteiger partial charge in [0.1, 0.15) is 5.75 Å². The number of carbonyl (C=O) groups is 1. The largest absolute Gasteiger partial charge is 0.496 e. The number of para-hydroxylation sites is 1. The predicted molar refractivity (Wildman–Crippen MR) is 107 cm³/mol. The van der Waals surface area contributed by atoms with Crippen molar-refractivity contribution < 1.29 is 9.53 Å². The van der Waals surface area contributed by atoms with Gasteiger partial charge in [-0.3, -0.25) is 4.79 Å². The average molecular weight is 383 g/mol. The quantitative estimate of drug-likeness (QED) is 0.502. The summed E-state index contributed by atoms with van der Waals surface area (Å²) < 4.78 is 6.71. The molecule has 1 amide bonds. The molecule has 8 heteroatoms. The number of hydrogen-bond acceptors (Lipinski definition) is 6. The number of thioether (sulfide) groups is 1. The first-order valence-corrected chi connectivity index (χ1v) is 9.32. The van der Waals surface area contributed by atoms with Gasteiger partial charge in [-0.2, -0.15) is 0 Å². The summed E-state index contributed by atoms with van der Waals surface area (Å²) in [6.07, 6.45) is 0. The number of nitrogens with zero attached hydrogens (tertiary/aromatic N) is 3. The Balaban J connectivity index is 1.68. The van der Waals surface area contributed by atoms with Crippen LogP contribution in [-0.2, 0) is 4.79 Å². The molecule has 27 heavy (non-hydrogen) atoms. The second kappa shape index (κ2) is 8.13. The molecular formula is C19H21N5O2S. The summed E-state index contributed by atoms with van der Waals surface area (Å²) in [6, 6.07) is 13.3. The number of rotatable bonds is 6. The number of nitrogen functional groups attached to an aromatic ring is 1. The van der Waals surface area contributed by atoms with Crippen molar-refractivity contribution in [2.75, 3.05) is 24.0 Å². The van der Waals surface area contributed by atoms with E-state index in [1.54, 1.807) is 7.11 Å². The molecule has 0 saturated carbocycles. The fourth-order valence-electron chi connectivity index (χ4n) is 2.66. The van der Waals surface area contributed by atoms with Crippen LogP contribution in [0.15, 0.2) is 47.6 Å². The van der Waals surface area contributed by atoms with Crippen molar-refractivity contribution in [3.05, 3.63) is 53.6 Å². The minimum atomic E-state index is -0.131. The third kappa shape index (κ3) is 4.22. The summed E-state index contributed by atoms with van der Waals surface area (Å²) in [5, 5.41) is 11.6. The molecule has 3 N–H and O–H groups in total. The summed E-state index contributed by atoms with van der Waals surface area (Å²) in [5.74, 6) is 7.30. The molecule has 0 aliphatic heterocycles. The maximum atomic E-state index is 12.3. The highest BCUT2D eigenvalue weighted by Crippen LogP contribution is 2.29. The van der Waals surface area contributed by atoms with E-state index in [0.717, 1.165) is 22.4 Å². The van der Waals surface area contributed by atoms with Gasteiger partial charge < -0.3 is 15.9 Å². The molecule has 0 spiro atoms. The lowest BCUT2D eigenvalue weighted by Gasteiger charge is -2.09. The van der Waals surface area contributed by atoms with Gasteiger partial charge in [0.05, 0.1) is 18.4 Å². The standard InChI is InChI=1S/C19H21N5O2S/c1-12-8-9-15(13(2)10-12)21-17(25)11-27-19-23-22-18(24(19)20)14-6-4-5-7-16(14)26-3/h4-10H,11,20H2,1-3H3,(H,21,25). The highest BCUT2D eigenvalue weighted by atomic mass is 32.2. The Kier molecular flexibility index (Phi) is 5.66. The highest BCUT2D eigenvalue weighted by molar-refractivity contribution is 7.99. The second-order valence-electron chi connectivity index (χ2n) is 6.03. The van der Waals surface area contributed by atoms with Crippen LogP contribution in [0.25, 0.3) is 11.4 Å². The van der Waals surface area contributed by atoms with Gasteiger partial charge >= 0.3 is 0 Å². The van der Waals surface area contributed by atoms with Crippen LogP contribution in [0.4, 0.5) is 5.69 Å². The molecule has 0 radical (unpaired) electrons. The van der Waals surface area contributed by atoms with E-state index in [9.17, 15) is 4.79 Å². The molecule has 140 valence electrons. The van der Waals surface area contributed by atoms with E-state index in [1.165, 1.54) is 16.4 Å². The number of ether oxygens (including phenoxy) is 1. The number of amides is 1. The second-order valence-corrected chi connectivity index (χ2v) is 6.97. The van der Waals surface area contributed by atoms with E-state index in [4.69, 9.17) is 10.6 Å². The Labute approximate surface area is 161 Å². The summed E-state index contributed by atoms with van der Waals surface area (Å²) in [6.45, 7) is 3.98. The fraction of sp³-hybridized carbons (Fsp3) is 0.211. The van der Waals surface area contributed by atoms with E-state index in [-0.39, 0.29) is 11.7 Å². The van der Waals surface area contributed by atoms with Gasteiger partial charge in [-0.05, 0) is 37.6 Å². The highest BCUT2D eigenvalue weighted by Gasteiger charge is 2.16. The van der Waals surface area contributed by atoms with E-state index >= 15 is 0 Å². The molecule has 0 saturated heterocycles. The molecule has 0 aliphatic rings. The number of nitrogens with two attached hydrogens (primary N) is 1. The van der Waals surface area contributed by atoms with Crippen LogP contribution in [0.1, 0.15) is 11.1 Å². The summed E-state index contributed by atoms with van der Waals surface area (Å²) >= 11 is 1.22. The molecule has 3 rings (SSSR count). The van der Waals surface area contributed by atoms with Crippen LogP contribution >= 0.6 is 11.8 Å². The molecule has 0 fully saturated rings. The van der Waals surface area contributed by atoms with Gasteiger partial charge in [-0.25, -0.2) is 4.68 Å². The van der Waals surface area contributed by atoms with Crippen LogP contribution in [0.3, 0.4) is 0 Å². The predicted octanol–water partition coefficient (Wildman–Crippen LogP) is 3.02. The Morgan fingerprint density at radius 2 is 2.00 bits per heavy atom. The minimum Gasteiger partial charge on any atom is -0.496 e. The average Bonchev–Trinajstić information content (AvgIpc) is 3.02. The number of anilines is 1. The van der Waals surface area contributed by atoms with E-state index < -0.39 is 0 Å². The maximum Gasteiger partial charge on any atom is 0.234 e. The number of nitrogens with one attached hydrogen (secondary N) is 1. The molecular weight excluding hydrogens is 362 g/mol. The molecule has 3 aromatic rings. The van der Waals surface area contributed by atoms with Gasteiger partial charge in [-0.15, -0.1) is 10.2 Å². The lowest BCUT2D eigenvalue weighted by molar-refractivity contribution is -0.113. The van der Waals surface area contributed by atoms with Crippen LogP contribution in [0.2, 0.25) is 0 Å². The van der Waals surface area contributed by atoms with Gasteiger partial charge in [0, 0.05) is 5.69 Å². The van der Waals surface area contributed by atoms with Crippen LogP contribution in [-0.4, -0.2) is 33.6 Å². The summed E-state index contributed by atoms with van der Waals surface area (Å²) in [4.78, 5) is 12.3. The van der Waals surface area contributed by atoms with E-state index in [0.29, 0.717) is 16.7 Å². The summed E-state index contributed by atoms with van der Waals surface area (Å²) in [5.41, 5.74) is 3.71. The molecule has 0 unspecified atom stereocenters.